The maximum Gasteiger partial charge on any atom is 0.250 e. The molecule has 0 spiro atoms. The Morgan fingerprint density at radius 2 is 2.33 bits per heavy atom. The van der Waals surface area contributed by atoms with Gasteiger partial charge >= 0.3 is 0 Å². The summed E-state index contributed by atoms with van der Waals surface area (Å²) >= 11 is 0. The van der Waals surface area contributed by atoms with Crippen LogP contribution in [0.15, 0.2) is 18.2 Å². The van der Waals surface area contributed by atoms with Gasteiger partial charge in [-0.05, 0) is 37.6 Å². The first-order chi connectivity index (χ1) is 8.59. The second-order valence-corrected chi connectivity index (χ2v) is 4.64. The fourth-order valence-corrected chi connectivity index (χ4v) is 2.37. The van der Waals surface area contributed by atoms with Crippen molar-refractivity contribution in [1.29, 1.82) is 0 Å². The molecule has 0 saturated carbocycles. The molecule has 18 heavy (non-hydrogen) atoms. The quantitative estimate of drug-likeness (QED) is 0.846. The monoisotopic (exact) mass is 251 g/mol. The third kappa shape index (κ3) is 2.61. The summed E-state index contributed by atoms with van der Waals surface area (Å²) < 4.78 is 13.2. The molecule has 5 heteroatoms. The minimum atomic E-state index is -0.597. The molecule has 1 aromatic carbocycles. The fraction of sp³-hybridized carbons (Fsp3) is 0.462. The molecule has 4 nitrogen and oxygen atoms in total. The molecule has 1 atom stereocenters. The SMILES string of the molecule is CN(c1ccc(F)cc1C(N)=O)C1CCCNC1. The fourth-order valence-electron chi connectivity index (χ4n) is 2.37. The van der Waals surface area contributed by atoms with Crippen LogP contribution in [-0.2, 0) is 0 Å². The predicted molar refractivity (Wildman–Crippen MR) is 69.2 cm³/mol. The van der Waals surface area contributed by atoms with Gasteiger partial charge in [-0.15, -0.1) is 0 Å². The van der Waals surface area contributed by atoms with E-state index in [-0.39, 0.29) is 5.56 Å². The van der Waals surface area contributed by atoms with Crippen LogP contribution in [0.25, 0.3) is 0 Å². The molecule has 0 radical (unpaired) electrons. The molecule has 0 bridgehead atoms. The summed E-state index contributed by atoms with van der Waals surface area (Å²) in [5.41, 5.74) is 6.23. The number of hydrogen-bond acceptors (Lipinski definition) is 3. The highest BCUT2D eigenvalue weighted by Crippen LogP contribution is 2.24. The lowest BCUT2D eigenvalue weighted by Gasteiger charge is -2.34. The lowest BCUT2D eigenvalue weighted by Crippen LogP contribution is -2.44. The lowest BCUT2D eigenvalue weighted by molar-refractivity contribution is 0.1000. The number of amides is 1. The molecular formula is C13H18FN3O. The summed E-state index contributed by atoms with van der Waals surface area (Å²) in [5, 5.41) is 3.31. The van der Waals surface area contributed by atoms with Gasteiger partial charge in [-0.25, -0.2) is 4.39 Å². The summed E-state index contributed by atoms with van der Waals surface area (Å²) in [7, 11) is 1.91. The van der Waals surface area contributed by atoms with E-state index in [1.54, 1.807) is 6.07 Å². The van der Waals surface area contributed by atoms with Gasteiger partial charge in [0.15, 0.2) is 0 Å². The van der Waals surface area contributed by atoms with Crippen molar-refractivity contribution >= 4 is 11.6 Å². The molecule has 1 aliphatic rings. The lowest BCUT2D eigenvalue weighted by atomic mass is 10.0. The average molecular weight is 251 g/mol. The zero-order valence-electron chi connectivity index (χ0n) is 10.4. The minimum absolute atomic E-state index is 0.239. The molecule has 98 valence electrons. The van der Waals surface area contributed by atoms with E-state index in [9.17, 15) is 9.18 Å². The Morgan fingerprint density at radius 1 is 1.56 bits per heavy atom. The van der Waals surface area contributed by atoms with Crippen LogP contribution >= 0.6 is 0 Å². The van der Waals surface area contributed by atoms with Crippen LogP contribution in [0, 0.1) is 5.82 Å². The summed E-state index contributed by atoms with van der Waals surface area (Å²) in [6.45, 7) is 1.89. The highest BCUT2D eigenvalue weighted by atomic mass is 19.1. The van der Waals surface area contributed by atoms with E-state index in [0.29, 0.717) is 11.7 Å². The Morgan fingerprint density at radius 3 is 2.94 bits per heavy atom. The Hall–Kier alpha value is -1.62. The van der Waals surface area contributed by atoms with Gasteiger partial charge in [-0.3, -0.25) is 4.79 Å². The van der Waals surface area contributed by atoms with Crippen LogP contribution < -0.4 is 16.0 Å². The van der Waals surface area contributed by atoms with Crippen molar-refractivity contribution in [3.8, 4) is 0 Å². The highest BCUT2D eigenvalue weighted by molar-refractivity contribution is 5.98. The number of nitrogens with zero attached hydrogens (tertiary/aromatic N) is 1. The number of likely N-dealkylation sites (N-methyl/N-ethyl adjacent to an activating group) is 1. The van der Waals surface area contributed by atoms with E-state index >= 15 is 0 Å². The van der Waals surface area contributed by atoms with Crippen molar-refractivity contribution in [2.24, 2.45) is 5.73 Å². The zero-order chi connectivity index (χ0) is 13.1. The molecule has 1 aromatic rings. The van der Waals surface area contributed by atoms with Crippen molar-refractivity contribution in [3.05, 3.63) is 29.6 Å². The van der Waals surface area contributed by atoms with Gasteiger partial charge in [0.2, 0.25) is 0 Å². The number of carbonyl (C=O) groups excluding carboxylic acids is 1. The van der Waals surface area contributed by atoms with Gasteiger partial charge < -0.3 is 16.0 Å². The number of hydrogen-bond donors (Lipinski definition) is 2. The number of halogens is 1. The number of piperidine rings is 1. The first kappa shape index (κ1) is 12.8. The summed E-state index contributed by atoms with van der Waals surface area (Å²) in [5.74, 6) is -1.04. The topological polar surface area (TPSA) is 58.4 Å². The number of rotatable bonds is 3. The van der Waals surface area contributed by atoms with Crippen molar-refractivity contribution in [1.82, 2.24) is 5.32 Å². The van der Waals surface area contributed by atoms with Gasteiger partial charge in [0.25, 0.3) is 5.91 Å². The van der Waals surface area contributed by atoms with Gasteiger partial charge in [-0.2, -0.15) is 0 Å². The number of primary amides is 1. The molecule has 3 N–H and O–H groups in total. The standard InChI is InChI=1S/C13H18FN3O/c1-17(10-3-2-6-16-8-10)12-5-4-9(14)7-11(12)13(15)18/h4-5,7,10,16H,2-3,6,8H2,1H3,(H2,15,18). The highest BCUT2D eigenvalue weighted by Gasteiger charge is 2.21. The molecule has 1 amide bonds. The van der Waals surface area contributed by atoms with Crippen LogP contribution in [-0.4, -0.2) is 32.1 Å². The third-order valence-corrected chi connectivity index (χ3v) is 3.42. The van der Waals surface area contributed by atoms with Crippen molar-refractivity contribution in [2.45, 2.75) is 18.9 Å². The summed E-state index contributed by atoms with van der Waals surface area (Å²) in [6.07, 6.45) is 2.15. The zero-order valence-corrected chi connectivity index (χ0v) is 10.4. The van der Waals surface area contributed by atoms with Crippen LogP contribution in [0.1, 0.15) is 23.2 Å². The molecule has 1 aliphatic heterocycles. The maximum absolute atomic E-state index is 13.2. The largest absolute Gasteiger partial charge is 0.370 e. The molecule has 0 aromatic heterocycles. The predicted octanol–water partition coefficient (Wildman–Crippen LogP) is 1.11. The van der Waals surface area contributed by atoms with E-state index in [1.807, 2.05) is 11.9 Å². The van der Waals surface area contributed by atoms with Crippen molar-refractivity contribution in [3.63, 3.8) is 0 Å². The number of nitrogens with one attached hydrogen (secondary N) is 1. The second kappa shape index (κ2) is 5.35. The van der Waals surface area contributed by atoms with Gasteiger partial charge in [0, 0.05) is 25.3 Å². The normalized spacial score (nSPS) is 19.6. The van der Waals surface area contributed by atoms with E-state index in [2.05, 4.69) is 5.32 Å². The molecule has 1 saturated heterocycles. The number of nitrogens with two attached hydrogens (primary N) is 1. The van der Waals surface area contributed by atoms with E-state index in [4.69, 9.17) is 5.73 Å². The Kier molecular flexibility index (Phi) is 3.81. The van der Waals surface area contributed by atoms with Crippen LogP contribution in [0.5, 0.6) is 0 Å². The Balaban J connectivity index is 2.28. The maximum atomic E-state index is 13.2. The molecule has 1 fully saturated rings. The molecule has 0 aliphatic carbocycles. The van der Waals surface area contributed by atoms with Crippen LogP contribution in [0.4, 0.5) is 10.1 Å². The van der Waals surface area contributed by atoms with E-state index in [0.717, 1.165) is 25.9 Å². The molecular weight excluding hydrogens is 233 g/mol. The second-order valence-electron chi connectivity index (χ2n) is 4.64. The van der Waals surface area contributed by atoms with E-state index < -0.39 is 11.7 Å². The Bertz CT molecular complexity index is 444. The van der Waals surface area contributed by atoms with Gasteiger partial charge in [0.1, 0.15) is 5.82 Å². The van der Waals surface area contributed by atoms with Gasteiger partial charge in [-0.1, -0.05) is 0 Å². The van der Waals surface area contributed by atoms with E-state index in [1.165, 1.54) is 12.1 Å². The first-order valence-electron chi connectivity index (χ1n) is 6.12. The average Bonchev–Trinajstić information content (AvgIpc) is 2.39. The smallest absolute Gasteiger partial charge is 0.250 e. The first-order valence-corrected chi connectivity index (χ1v) is 6.12. The number of benzene rings is 1. The van der Waals surface area contributed by atoms with Crippen LogP contribution in [0.3, 0.4) is 0 Å². The van der Waals surface area contributed by atoms with Gasteiger partial charge in [0.05, 0.1) is 5.56 Å². The number of carbonyl (C=O) groups is 1. The molecule has 1 heterocycles. The number of anilines is 1. The Labute approximate surface area is 106 Å². The third-order valence-electron chi connectivity index (χ3n) is 3.42. The van der Waals surface area contributed by atoms with Crippen molar-refractivity contribution < 1.29 is 9.18 Å². The minimum Gasteiger partial charge on any atom is -0.370 e. The summed E-state index contributed by atoms with van der Waals surface area (Å²) in [4.78, 5) is 13.4. The molecule has 2 rings (SSSR count). The summed E-state index contributed by atoms with van der Waals surface area (Å²) in [6, 6.07) is 4.48. The van der Waals surface area contributed by atoms with Crippen LogP contribution in [0.2, 0.25) is 0 Å². The van der Waals surface area contributed by atoms with Crippen molar-refractivity contribution in [2.75, 3.05) is 25.0 Å². The molecule has 1 unspecified atom stereocenters.